The molecule has 1 aromatic rings. The predicted molar refractivity (Wildman–Crippen MR) is 67.2 cm³/mol. The van der Waals surface area contributed by atoms with Gasteiger partial charge >= 0.3 is 0 Å². The molecule has 0 spiro atoms. The van der Waals surface area contributed by atoms with E-state index in [1.807, 2.05) is 11.8 Å². The fraction of sp³-hybridized carbons (Fsp3) is 0.500. The Labute approximate surface area is 111 Å². The number of rotatable bonds is 4. The minimum absolute atomic E-state index is 0.145. The van der Waals surface area contributed by atoms with Gasteiger partial charge in [-0.25, -0.2) is 8.78 Å². The molecule has 104 valence electrons. The Morgan fingerprint density at radius 3 is 2.89 bits per heavy atom. The number of ether oxygens (including phenoxy) is 1. The van der Waals surface area contributed by atoms with Gasteiger partial charge in [0.05, 0.1) is 19.3 Å². The normalized spacial score (nSPS) is 20.5. The molecule has 0 aliphatic carbocycles. The van der Waals surface area contributed by atoms with Crippen molar-refractivity contribution in [3.63, 3.8) is 0 Å². The monoisotopic (exact) mass is 269 g/mol. The molecule has 2 rings (SSSR count). The predicted octanol–water partition coefficient (Wildman–Crippen LogP) is 2.26. The number of hydrogen-bond acceptors (Lipinski definition) is 3. The summed E-state index contributed by atoms with van der Waals surface area (Å²) >= 11 is 0. The van der Waals surface area contributed by atoms with Crippen molar-refractivity contribution in [3.8, 4) is 0 Å². The summed E-state index contributed by atoms with van der Waals surface area (Å²) in [6, 6.07) is 3.25. The second-order valence-corrected chi connectivity index (χ2v) is 4.69. The molecule has 3 nitrogen and oxygen atoms in total. The number of ketones is 1. The molecular weight excluding hydrogens is 252 g/mol. The average molecular weight is 269 g/mol. The lowest BCUT2D eigenvalue weighted by molar-refractivity contribution is -0.0271. The maximum atomic E-state index is 13.1. The van der Waals surface area contributed by atoms with E-state index in [-0.39, 0.29) is 24.0 Å². The second-order valence-electron chi connectivity index (χ2n) is 4.69. The van der Waals surface area contributed by atoms with Gasteiger partial charge < -0.3 is 4.74 Å². The van der Waals surface area contributed by atoms with Gasteiger partial charge in [-0.05, 0) is 24.6 Å². The average Bonchev–Trinajstić information content (AvgIpc) is 2.42. The van der Waals surface area contributed by atoms with E-state index in [0.29, 0.717) is 19.7 Å². The van der Waals surface area contributed by atoms with E-state index in [2.05, 4.69) is 0 Å². The first-order chi connectivity index (χ1) is 9.10. The maximum Gasteiger partial charge on any atom is 0.176 e. The Bertz CT molecular complexity index is 465. The summed E-state index contributed by atoms with van der Waals surface area (Å²) in [5.41, 5.74) is 0.207. The molecule has 1 aliphatic rings. The first-order valence-electron chi connectivity index (χ1n) is 6.42. The number of halogens is 2. The van der Waals surface area contributed by atoms with E-state index in [9.17, 15) is 13.6 Å². The second kappa shape index (κ2) is 6.21. The molecular formula is C14H17F2NO2. The van der Waals surface area contributed by atoms with E-state index < -0.39 is 11.6 Å². The zero-order valence-electron chi connectivity index (χ0n) is 10.9. The minimum Gasteiger partial charge on any atom is -0.376 e. The van der Waals surface area contributed by atoms with Gasteiger partial charge in [0.1, 0.15) is 0 Å². The van der Waals surface area contributed by atoms with Crippen LogP contribution in [0.15, 0.2) is 18.2 Å². The van der Waals surface area contributed by atoms with Crippen LogP contribution in [0.2, 0.25) is 0 Å². The smallest absolute Gasteiger partial charge is 0.176 e. The third-order valence-corrected chi connectivity index (χ3v) is 3.29. The van der Waals surface area contributed by atoms with Crippen molar-refractivity contribution in [3.05, 3.63) is 35.4 Å². The summed E-state index contributed by atoms with van der Waals surface area (Å²) in [6.45, 7) is 4.23. The first-order valence-corrected chi connectivity index (χ1v) is 6.42. The largest absolute Gasteiger partial charge is 0.376 e. The quantitative estimate of drug-likeness (QED) is 0.785. The van der Waals surface area contributed by atoms with Crippen LogP contribution in [0.25, 0.3) is 0 Å². The number of hydrogen-bond donors (Lipinski definition) is 0. The highest BCUT2D eigenvalue weighted by molar-refractivity contribution is 5.97. The van der Waals surface area contributed by atoms with Crippen LogP contribution in [-0.2, 0) is 4.74 Å². The van der Waals surface area contributed by atoms with Crippen LogP contribution in [0.5, 0.6) is 0 Å². The van der Waals surface area contributed by atoms with Gasteiger partial charge in [-0.2, -0.15) is 0 Å². The Morgan fingerprint density at radius 2 is 2.21 bits per heavy atom. The van der Waals surface area contributed by atoms with Gasteiger partial charge in [-0.15, -0.1) is 0 Å². The highest BCUT2D eigenvalue weighted by Crippen LogP contribution is 2.12. The molecule has 0 aromatic heterocycles. The van der Waals surface area contributed by atoms with E-state index >= 15 is 0 Å². The third-order valence-electron chi connectivity index (χ3n) is 3.29. The Kier molecular flexibility index (Phi) is 4.61. The third kappa shape index (κ3) is 3.58. The maximum absolute atomic E-state index is 13.1. The van der Waals surface area contributed by atoms with Gasteiger partial charge in [0.15, 0.2) is 17.4 Å². The highest BCUT2D eigenvalue weighted by Gasteiger charge is 2.21. The molecule has 1 unspecified atom stereocenters. The molecule has 1 saturated heterocycles. The van der Waals surface area contributed by atoms with Gasteiger partial charge in [0, 0.05) is 18.7 Å². The van der Waals surface area contributed by atoms with Crippen LogP contribution in [0, 0.1) is 11.6 Å². The number of carbonyl (C=O) groups is 1. The molecule has 0 bridgehead atoms. The van der Waals surface area contributed by atoms with Gasteiger partial charge in [0.25, 0.3) is 0 Å². The summed E-state index contributed by atoms with van der Waals surface area (Å²) in [7, 11) is 0. The molecule has 0 radical (unpaired) electrons. The molecule has 1 heterocycles. The summed E-state index contributed by atoms with van der Waals surface area (Å²) in [4.78, 5) is 14.0. The topological polar surface area (TPSA) is 29.5 Å². The molecule has 0 saturated carbocycles. The fourth-order valence-corrected chi connectivity index (χ4v) is 2.13. The summed E-state index contributed by atoms with van der Waals surface area (Å²) in [5, 5.41) is 0. The minimum atomic E-state index is -0.987. The number of Topliss-reactive ketones (excluding diaryl/α,β-unsaturated/α-hetero) is 1. The number of morpholine rings is 1. The number of carbonyl (C=O) groups excluding carboxylic acids is 1. The van der Waals surface area contributed by atoms with Crippen molar-refractivity contribution in [1.82, 2.24) is 4.90 Å². The molecule has 19 heavy (non-hydrogen) atoms. The van der Waals surface area contributed by atoms with E-state index in [1.165, 1.54) is 6.07 Å². The van der Waals surface area contributed by atoms with Crippen molar-refractivity contribution in [2.45, 2.75) is 19.4 Å². The van der Waals surface area contributed by atoms with Crippen molar-refractivity contribution in [1.29, 1.82) is 0 Å². The van der Waals surface area contributed by atoms with Gasteiger partial charge in [-0.1, -0.05) is 6.92 Å². The Balaban J connectivity index is 1.98. The molecule has 5 heteroatoms. The van der Waals surface area contributed by atoms with Gasteiger partial charge in [0.2, 0.25) is 0 Å². The number of nitrogens with zero attached hydrogens (tertiary/aromatic N) is 1. The van der Waals surface area contributed by atoms with Crippen LogP contribution >= 0.6 is 0 Å². The molecule has 1 fully saturated rings. The molecule has 0 amide bonds. The van der Waals surface area contributed by atoms with E-state index in [1.54, 1.807) is 0 Å². The van der Waals surface area contributed by atoms with Crippen molar-refractivity contribution in [2.24, 2.45) is 0 Å². The van der Waals surface area contributed by atoms with Crippen molar-refractivity contribution >= 4 is 5.78 Å². The van der Waals surface area contributed by atoms with Crippen LogP contribution in [0.4, 0.5) is 8.78 Å². The van der Waals surface area contributed by atoms with Gasteiger partial charge in [-0.3, -0.25) is 9.69 Å². The highest BCUT2D eigenvalue weighted by atomic mass is 19.2. The SMILES string of the molecule is CCC1CN(CC(=O)c2ccc(F)c(F)c2)CCO1. The zero-order chi connectivity index (χ0) is 13.8. The van der Waals surface area contributed by atoms with Crippen molar-refractivity contribution in [2.75, 3.05) is 26.2 Å². The Morgan fingerprint density at radius 1 is 1.42 bits per heavy atom. The standard InChI is InChI=1S/C14H17F2NO2/c1-2-11-8-17(5-6-19-11)9-14(18)10-3-4-12(15)13(16)7-10/h3-4,7,11H,2,5-6,8-9H2,1H3. The Hall–Kier alpha value is -1.33. The van der Waals surface area contributed by atoms with Crippen LogP contribution in [0.1, 0.15) is 23.7 Å². The molecule has 1 aliphatic heterocycles. The lowest BCUT2D eigenvalue weighted by atomic mass is 10.1. The zero-order valence-corrected chi connectivity index (χ0v) is 10.9. The molecule has 1 atom stereocenters. The molecule has 1 aromatic carbocycles. The fourth-order valence-electron chi connectivity index (χ4n) is 2.13. The summed E-state index contributed by atoms with van der Waals surface area (Å²) in [5.74, 6) is -2.12. The van der Waals surface area contributed by atoms with Crippen LogP contribution in [0.3, 0.4) is 0 Å². The van der Waals surface area contributed by atoms with E-state index in [0.717, 1.165) is 18.6 Å². The summed E-state index contributed by atoms with van der Waals surface area (Å²) < 4.78 is 31.4. The number of benzene rings is 1. The molecule has 0 N–H and O–H groups in total. The lowest BCUT2D eigenvalue weighted by Crippen LogP contribution is -2.44. The van der Waals surface area contributed by atoms with Crippen LogP contribution < -0.4 is 0 Å². The summed E-state index contributed by atoms with van der Waals surface area (Å²) in [6.07, 6.45) is 1.04. The van der Waals surface area contributed by atoms with E-state index in [4.69, 9.17) is 4.74 Å². The van der Waals surface area contributed by atoms with Crippen molar-refractivity contribution < 1.29 is 18.3 Å². The first kappa shape index (κ1) is 14.1. The van der Waals surface area contributed by atoms with Crippen LogP contribution in [-0.4, -0.2) is 43.0 Å². The lowest BCUT2D eigenvalue weighted by Gasteiger charge is -2.31.